The molecule has 16 heavy (non-hydrogen) atoms. The number of hydrogen-bond acceptors (Lipinski definition) is 2. The predicted molar refractivity (Wildman–Crippen MR) is 58.2 cm³/mol. The number of hydrogen-bond donors (Lipinski definition) is 0. The van der Waals surface area contributed by atoms with Crippen LogP contribution < -0.4 is 0 Å². The third kappa shape index (κ3) is 11.2. The Kier molecular flexibility index (Phi) is 7.00. The average molecular weight is 241 g/mol. The molecule has 96 valence electrons. The van der Waals surface area contributed by atoms with Crippen molar-refractivity contribution in [1.29, 1.82) is 0 Å². The summed E-state index contributed by atoms with van der Waals surface area (Å²) >= 11 is 0. The molecule has 0 unspecified atom stereocenters. The van der Waals surface area contributed by atoms with Crippen molar-refractivity contribution in [3.63, 3.8) is 0 Å². The van der Waals surface area contributed by atoms with E-state index in [0.717, 1.165) is 6.67 Å². The minimum atomic E-state index is -6.00. The topological polar surface area (TPSA) is 6.48 Å². The standard InChI is InChI=1S/C9H18N2.BF4/c1-3-4-5-6-11-8-7-10(2)9-11;2-1(3,4)5/h7-8H,3-6,9H2,1-2H3;/q;-1. The normalized spacial score (nSPS) is 15.1. The Morgan fingerprint density at radius 2 is 1.69 bits per heavy atom. The van der Waals surface area contributed by atoms with Crippen molar-refractivity contribution in [2.75, 3.05) is 20.3 Å². The minimum absolute atomic E-state index is 1.07. The second kappa shape index (κ2) is 7.41. The first-order chi connectivity index (χ1) is 7.33. The highest BCUT2D eigenvalue weighted by molar-refractivity contribution is 6.50. The van der Waals surface area contributed by atoms with E-state index in [4.69, 9.17) is 0 Å². The molecule has 7 heteroatoms. The molecule has 0 aromatic heterocycles. The van der Waals surface area contributed by atoms with Crippen LogP contribution in [0.2, 0.25) is 0 Å². The first kappa shape index (κ1) is 15.1. The van der Waals surface area contributed by atoms with Crippen LogP contribution in [0.4, 0.5) is 17.3 Å². The summed E-state index contributed by atoms with van der Waals surface area (Å²) < 4.78 is 39.0. The lowest BCUT2D eigenvalue weighted by molar-refractivity contribution is 0.291. The molecule has 0 aliphatic carbocycles. The van der Waals surface area contributed by atoms with Gasteiger partial charge in [0, 0.05) is 26.0 Å². The van der Waals surface area contributed by atoms with Gasteiger partial charge in [0.25, 0.3) is 0 Å². The number of halogens is 4. The quantitative estimate of drug-likeness (QED) is 0.423. The average Bonchev–Trinajstić information content (AvgIpc) is 2.49. The lowest BCUT2D eigenvalue weighted by atomic mass is 10.2. The summed E-state index contributed by atoms with van der Waals surface area (Å²) in [5.74, 6) is 0. The lowest BCUT2D eigenvalue weighted by Gasteiger charge is -2.17. The molecule has 0 atom stereocenters. The Bertz CT molecular complexity index is 202. The van der Waals surface area contributed by atoms with Gasteiger partial charge in [0.2, 0.25) is 0 Å². The molecule has 0 fully saturated rings. The molecule has 2 nitrogen and oxygen atoms in total. The van der Waals surface area contributed by atoms with Crippen molar-refractivity contribution >= 4 is 7.25 Å². The van der Waals surface area contributed by atoms with Gasteiger partial charge in [-0.25, -0.2) is 0 Å². The van der Waals surface area contributed by atoms with E-state index in [1.165, 1.54) is 25.8 Å². The third-order valence-electron chi connectivity index (χ3n) is 1.99. The second-order valence-corrected chi connectivity index (χ2v) is 3.71. The summed E-state index contributed by atoms with van der Waals surface area (Å²) in [4.78, 5) is 4.56. The number of rotatable bonds is 4. The van der Waals surface area contributed by atoms with E-state index in [1.54, 1.807) is 0 Å². The van der Waals surface area contributed by atoms with Gasteiger partial charge in [-0.2, -0.15) is 0 Å². The van der Waals surface area contributed by atoms with Gasteiger partial charge in [0.15, 0.2) is 0 Å². The van der Waals surface area contributed by atoms with Crippen LogP contribution in [-0.2, 0) is 0 Å². The molecule has 0 spiro atoms. The smallest absolute Gasteiger partial charge is 0.418 e. The van der Waals surface area contributed by atoms with Crippen LogP contribution in [0.5, 0.6) is 0 Å². The zero-order chi connectivity index (χ0) is 12.6. The van der Waals surface area contributed by atoms with E-state index >= 15 is 0 Å². The molecule has 0 N–H and O–H groups in total. The largest absolute Gasteiger partial charge is 0.673 e. The van der Waals surface area contributed by atoms with Gasteiger partial charge in [-0.1, -0.05) is 19.8 Å². The van der Waals surface area contributed by atoms with E-state index < -0.39 is 7.25 Å². The summed E-state index contributed by atoms with van der Waals surface area (Å²) in [7, 11) is -3.89. The van der Waals surface area contributed by atoms with Crippen LogP contribution in [0.25, 0.3) is 0 Å². The van der Waals surface area contributed by atoms with Gasteiger partial charge >= 0.3 is 7.25 Å². The Morgan fingerprint density at radius 3 is 2.06 bits per heavy atom. The van der Waals surface area contributed by atoms with E-state index in [2.05, 4.69) is 36.2 Å². The number of unbranched alkanes of at least 4 members (excludes halogenated alkanes) is 2. The fourth-order valence-corrected chi connectivity index (χ4v) is 1.30. The fraction of sp³-hybridized carbons (Fsp3) is 0.778. The summed E-state index contributed by atoms with van der Waals surface area (Å²) in [5, 5.41) is 0. The molecule has 1 aliphatic heterocycles. The van der Waals surface area contributed by atoms with Gasteiger partial charge in [-0.15, -0.1) is 0 Å². The lowest BCUT2D eigenvalue weighted by Crippen LogP contribution is -2.23. The minimum Gasteiger partial charge on any atom is -0.418 e. The van der Waals surface area contributed by atoms with Crippen LogP contribution in [0, 0.1) is 0 Å². The van der Waals surface area contributed by atoms with Crippen molar-refractivity contribution in [2.24, 2.45) is 0 Å². The highest BCUT2D eigenvalue weighted by Crippen LogP contribution is 2.06. The van der Waals surface area contributed by atoms with E-state index in [-0.39, 0.29) is 0 Å². The third-order valence-corrected chi connectivity index (χ3v) is 1.99. The monoisotopic (exact) mass is 241 g/mol. The van der Waals surface area contributed by atoms with Crippen LogP contribution >= 0.6 is 0 Å². The van der Waals surface area contributed by atoms with Gasteiger partial charge in [0.1, 0.15) is 0 Å². The highest BCUT2D eigenvalue weighted by atomic mass is 19.5. The van der Waals surface area contributed by atoms with E-state index in [0.29, 0.717) is 0 Å². The molecule has 1 rings (SSSR count). The molecule has 0 radical (unpaired) electrons. The van der Waals surface area contributed by atoms with Crippen LogP contribution in [0.1, 0.15) is 26.2 Å². The van der Waals surface area contributed by atoms with E-state index in [9.17, 15) is 17.3 Å². The van der Waals surface area contributed by atoms with Crippen molar-refractivity contribution in [2.45, 2.75) is 26.2 Å². The second-order valence-electron chi connectivity index (χ2n) is 3.71. The van der Waals surface area contributed by atoms with E-state index in [1.807, 2.05) is 0 Å². The molecule has 0 aromatic rings. The van der Waals surface area contributed by atoms with Gasteiger partial charge in [0.05, 0.1) is 6.67 Å². The molecular formula is C9H18BF4N2-. The molecule has 0 aromatic carbocycles. The maximum atomic E-state index is 9.75. The Labute approximate surface area is 94.0 Å². The van der Waals surface area contributed by atoms with Gasteiger partial charge in [-0.05, 0) is 6.42 Å². The summed E-state index contributed by atoms with van der Waals surface area (Å²) in [6.45, 7) is 4.53. The number of nitrogens with zero attached hydrogens (tertiary/aromatic N) is 2. The first-order valence-electron chi connectivity index (χ1n) is 5.33. The summed E-state index contributed by atoms with van der Waals surface area (Å²) in [6, 6.07) is 0. The Balaban J connectivity index is 0.000000385. The molecule has 1 aliphatic rings. The molecule has 0 saturated heterocycles. The van der Waals surface area contributed by atoms with Crippen molar-refractivity contribution in [3.8, 4) is 0 Å². The molecule has 1 heterocycles. The zero-order valence-electron chi connectivity index (χ0n) is 9.67. The zero-order valence-corrected chi connectivity index (χ0v) is 9.67. The SMILES string of the molecule is CCCCCN1C=CN(C)C1.F[B-](F)(F)F. The van der Waals surface area contributed by atoms with Crippen molar-refractivity contribution in [1.82, 2.24) is 9.80 Å². The Morgan fingerprint density at radius 1 is 1.12 bits per heavy atom. The van der Waals surface area contributed by atoms with Gasteiger partial charge < -0.3 is 27.1 Å². The van der Waals surface area contributed by atoms with Crippen LogP contribution in [0.3, 0.4) is 0 Å². The summed E-state index contributed by atoms with van der Waals surface area (Å²) in [5.41, 5.74) is 0. The highest BCUT2D eigenvalue weighted by Gasteiger charge is 2.20. The Hall–Kier alpha value is -0.875. The van der Waals surface area contributed by atoms with Gasteiger partial charge in [-0.3, -0.25) is 0 Å². The van der Waals surface area contributed by atoms with Crippen molar-refractivity contribution < 1.29 is 17.3 Å². The molecule has 0 amide bonds. The molecule has 0 bridgehead atoms. The molecule has 0 saturated carbocycles. The first-order valence-corrected chi connectivity index (χ1v) is 5.33. The maximum Gasteiger partial charge on any atom is 0.673 e. The van der Waals surface area contributed by atoms with Crippen LogP contribution in [-0.4, -0.2) is 37.3 Å². The maximum absolute atomic E-state index is 9.75. The summed E-state index contributed by atoms with van der Waals surface area (Å²) in [6.07, 6.45) is 8.30. The van der Waals surface area contributed by atoms with Crippen LogP contribution in [0.15, 0.2) is 12.4 Å². The fourth-order valence-electron chi connectivity index (χ4n) is 1.30. The molecular weight excluding hydrogens is 223 g/mol. The predicted octanol–water partition coefficient (Wildman–Crippen LogP) is 3.15. The van der Waals surface area contributed by atoms with Crippen molar-refractivity contribution in [3.05, 3.63) is 12.4 Å².